The van der Waals surface area contributed by atoms with Crippen molar-refractivity contribution >= 4 is 11.6 Å². The van der Waals surface area contributed by atoms with Gasteiger partial charge >= 0.3 is 5.69 Å². The first kappa shape index (κ1) is 19.0. The second-order valence-corrected chi connectivity index (χ2v) is 8.20. The SMILES string of the molecule is COc1ccc(OC)c([C@@H]2C3=C(CC(C)(C)CC3=O)Nc3[nH]c(=O)[nH]c(=O)c32)c1. The number of aromatic nitrogens is 2. The molecule has 152 valence electrons. The molecule has 29 heavy (non-hydrogen) atoms. The fourth-order valence-electron chi connectivity index (χ4n) is 4.32. The van der Waals surface area contributed by atoms with Crippen LogP contribution in [0.15, 0.2) is 39.1 Å². The molecule has 0 unspecified atom stereocenters. The van der Waals surface area contributed by atoms with Crippen LogP contribution in [0.1, 0.15) is 43.7 Å². The summed E-state index contributed by atoms with van der Waals surface area (Å²) in [5.41, 5.74) is 0.773. The van der Waals surface area contributed by atoms with Crippen molar-refractivity contribution in [3.8, 4) is 11.5 Å². The summed E-state index contributed by atoms with van der Waals surface area (Å²) < 4.78 is 10.9. The molecule has 0 amide bonds. The molecule has 1 aliphatic carbocycles. The Morgan fingerprint density at radius 1 is 1.03 bits per heavy atom. The Morgan fingerprint density at radius 2 is 1.79 bits per heavy atom. The highest BCUT2D eigenvalue weighted by Gasteiger charge is 2.43. The van der Waals surface area contributed by atoms with E-state index in [1.54, 1.807) is 25.3 Å². The summed E-state index contributed by atoms with van der Waals surface area (Å²) in [7, 11) is 3.08. The van der Waals surface area contributed by atoms with Crippen LogP contribution in [-0.4, -0.2) is 30.0 Å². The van der Waals surface area contributed by atoms with Gasteiger partial charge in [0.05, 0.1) is 25.7 Å². The lowest BCUT2D eigenvalue weighted by Crippen LogP contribution is -2.39. The minimum atomic E-state index is -0.685. The number of ether oxygens (including phenoxy) is 2. The largest absolute Gasteiger partial charge is 0.497 e. The van der Waals surface area contributed by atoms with Crippen LogP contribution in [0.4, 0.5) is 5.82 Å². The van der Waals surface area contributed by atoms with E-state index >= 15 is 0 Å². The molecule has 0 bridgehead atoms. The molecule has 1 aliphatic heterocycles. The standard InChI is InChI=1S/C21H23N3O5/c1-21(2)8-12-16(13(25)9-21)15(11-7-10(28-3)5-6-14(11)29-4)17-18(22-12)23-20(27)24-19(17)26/h5-7,15H,8-9H2,1-4H3,(H3,22,23,24,26,27)/t15-/m1/s1. The zero-order valence-electron chi connectivity index (χ0n) is 16.8. The molecule has 0 saturated carbocycles. The summed E-state index contributed by atoms with van der Waals surface area (Å²) in [6.07, 6.45) is 0.984. The molecule has 1 atom stereocenters. The number of anilines is 1. The maximum Gasteiger partial charge on any atom is 0.327 e. The lowest BCUT2D eigenvalue weighted by molar-refractivity contribution is -0.118. The predicted octanol–water partition coefficient (Wildman–Crippen LogP) is 2.28. The fraction of sp³-hybridized carbons (Fsp3) is 0.381. The second-order valence-electron chi connectivity index (χ2n) is 8.20. The van der Waals surface area contributed by atoms with Gasteiger partial charge in [0.2, 0.25) is 0 Å². The number of fused-ring (bicyclic) bond motifs is 1. The molecule has 1 aromatic carbocycles. The molecule has 2 heterocycles. The number of H-pyrrole nitrogens is 2. The molecular formula is C21H23N3O5. The number of hydrogen-bond donors (Lipinski definition) is 3. The van der Waals surface area contributed by atoms with Crippen LogP contribution in [0.2, 0.25) is 0 Å². The molecule has 0 spiro atoms. The number of carbonyl (C=O) groups is 1. The third-order valence-electron chi connectivity index (χ3n) is 5.50. The minimum Gasteiger partial charge on any atom is -0.497 e. The van der Waals surface area contributed by atoms with Crippen LogP contribution in [0.3, 0.4) is 0 Å². The number of methoxy groups -OCH3 is 2. The average Bonchev–Trinajstić information content (AvgIpc) is 2.64. The molecule has 0 fully saturated rings. The number of aromatic amines is 2. The van der Waals surface area contributed by atoms with Crippen molar-refractivity contribution in [1.29, 1.82) is 0 Å². The van der Waals surface area contributed by atoms with Crippen LogP contribution in [0, 0.1) is 5.41 Å². The zero-order chi connectivity index (χ0) is 20.9. The predicted molar refractivity (Wildman–Crippen MR) is 108 cm³/mol. The molecule has 3 N–H and O–H groups in total. The van der Waals surface area contributed by atoms with Crippen molar-refractivity contribution in [2.24, 2.45) is 5.41 Å². The van der Waals surface area contributed by atoms with E-state index in [1.165, 1.54) is 7.11 Å². The van der Waals surface area contributed by atoms with Gasteiger partial charge in [0.1, 0.15) is 17.3 Å². The van der Waals surface area contributed by atoms with Crippen LogP contribution >= 0.6 is 0 Å². The molecule has 0 radical (unpaired) electrons. The lowest BCUT2D eigenvalue weighted by Gasteiger charge is -2.38. The van der Waals surface area contributed by atoms with Gasteiger partial charge in [-0.3, -0.25) is 19.6 Å². The molecule has 2 aromatic rings. The topological polar surface area (TPSA) is 113 Å². The third-order valence-corrected chi connectivity index (χ3v) is 5.50. The molecule has 4 rings (SSSR count). The Bertz CT molecular complexity index is 1160. The number of rotatable bonds is 3. The third kappa shape index (κ3) is 3.14. The minimum absolute atomic E-state index is 0.0325. The van der Waals surface area contributed by atoms with Crippen LogP contribution in [-0.2, 0) is 4.79 Å². The van der Waals surface area contributed by atoms with Crippen molar-refractivity contribution in [3.63, 3.8) is 0 Å². The second kappa shape index (κ2) is 6.65. The molecule has 8 nitrogen and oxygen atoms in total. The maximum atomic E-state index is 13.2. The smallest absolute Gasteiger partial charge is 0.327 e. The Morgan fingerprint density at radius 3 is 2.48 bits per heavy atom. The molecule has 0 saturated heterocycles. The number of hydrogen-bond acceptors (Lipinski definition) is 6. The van der Waals surface area contributed by atoms with Gasteiger partial charge in [-0.2, -0.15) is 0 Å². The van der Waals surface area contributed by atoms with Gasteiger partial charge in [-0.25, -0.2) is 4.79 Å². The van der Waals surface area contributed by atoms with E-state index < -0.39 is 17.2 Å². The number of ketones is 1. The van der Waals surface area contributed by atoms with Crippen molar-refractivity contribution in [2.75, 3.05) is 19.5 Å². The van der Waals surface area contributed by atoms with Crippen LogP contribution < -0.4 is 26.0 Å². The van der Waals surface area contributed by atoms with Crippen molar-refractivity contribution in [3.05, 3.63) is 61.4 Å². The summed E-state index contributed by atoms with van der Waals surface area (Å²) in [6, 6.07) is 5.26. The van der Waals surface area contributed by atoms with Gasteiger partial charge in [0, 0.05) is 23.3 Å². The first-order valence-corrected chi connectivity index (χ1v) is 9.36. The van der Waals surface area contributed by atoms with Crippen molar-refractivity contribution in [2.45, 2.75) is 32.6 Å². The Balaban J connectivity index is 2.05. The summed E-state index contributed by atoms with van der Waals surface area (Å²) >= 11 is 0. The highest BCUT2D eigenvalue weighted by Crippen LogP contribution is 2.49. The summed E-state index contributed by atoms with van der Waals surface area (Å²) in [6.45, 7) is 4.04. The molecular weight excluding hydrogens is 374 g/mol. The first-order chi connectivity index (χ1) is 13.7. The van der Waals surface area contributed by atoms with Gasteiger partial charge in [-0.1, -0.05) is 13.8 Å². The lowest BCUT2D eigenvalue weighted by atomic mass is 9.69. The van der Waals surface area contributed by atoms with E-state index in [0.29, 0.717) is 41.3 Å². The summed E-state index contributed by atoms with van der Waals surface area (Å²) in [4.78, 5) is 42.9. The fourth-order valence-corrected chi connectivity index (χ4v) is 4.32. The van der Waals surface area contributed by atoms with E-state index in [9.17, 15) is 14.4 Å². The zero-order valence-corrected chi connectivity index (χ0v) is 16.8. The number of benzene rings is 1. The van der Waals surface area contributed by atoms with Crippen LogP contribution in [0.5, 0.6) is 11.5 Å². The monoisotopic (exact) mass is 397 g/mol. The molecule has 1 aromatic heterocycles. The Labute approximate surface area is 167 Å². The molecule has 8 heteroatoms. The van der Waals surface area contributed by atoms with Gasteiger partial charge in [0.25, 0.3) is 5.56 Å². The highest BCUT2D eigenvalue weighted by molar-refractivity contribution is 6.01. The Kier molecular flexibility index (Phi) is 4.37. The first-order valence-electron chi connectivity index (χ1n) is 9.36. The van der Waals surface area contributed by atoms with E-state index in [0.717, 1.165) is 5.70 Å². The van der Waals surface area contributed by atoms with Gasteiger partial charge in [-0.15, -0.1) is 0 Å². The quantitative estimate of drug-likeness (QED) is 0.732. The Hall–Kier alpha value is -3.29. The normalized spacial score (nSPS) is 19.9. The van der Waals surface area contributed by atoms with Gasteiger partial charge < -0.3 is 14.8 Å². The maximum absolute atomic E-state index is 13.2. The number of carbonyl (C=O) groups excluding carboxylic acids is 1. The number of nitrogens with one attached hydrogen (secondary N) is 3. The highest BCUT2D eigenvalue weighted by atomic mass is 16.5. The average molecular weight is 397 g/mol. The summed E-state index contributed by atoms with van der Waals surface area (Å²) in [5.74, 6) is 0.689. The van der Waals surface area contributed by atoms with Gasteiger partial charge in [0.15, 0.2) is 5.78 Å². The van der Waals surface area contributed by atoms with Crippen molar-refractivity contribution in [1.82, 2.24) is 9.97 Å². The van der Waals surface area contributed by atoms with Crippen LogP contribution in [0.25, 0.3) is 0 Å². The number of Topliss-reactive ketones (excluding diaryl/α,β-unsaturated/α-hetero) is 1. The van der Waals surface area contributed by atoms with E-state index in [1.807, 2.05) is 13.8 Å². The number of allylic oxidation sites excluding steroid dienone is 2. The van der Waals surface area contributed by atoms with E-state index in [2.05, 4.69) is 15.3 Å². The molecule has 2 aliphatic rings. The van der Waals surface area contributed by atoms with Gasteiger partial charge in [-0.05, 0) is 30.0 Å². The van der Waals surface area contributed by atoms with E-state index in [4.69, 9.17) is 9.47 Å². The van der Waals surface area contributed by atoms with E-state index in [-0.39, 0.29) is 16.8 Å². The summed E-state index contributed by atoms with van der Waals surface area (Å²) in [5, 5.41) is 3.14. The van der Waals surface area contributed by atoms with Crippen molar-refractivity contribution < 1.29 is 14.3 Å².